The zero-order valence-corrected chi connectivity index (χ0v) is 13.8. The van der Waals surface area contributed by atoms with Gasteiger partial charge in [0, 0.05) is 35.5 Å². The molecule has 1 aromatic heterocycles. The van der Waals surface area contributed by atoms with Crippen LogP contribution in [0.25, 0.3) is 0 Å². The molecule has 1 fully saturated rings. The van der Waals surface area contributed by atoms with Gasteiger partial charge in [0.2, 0.25) is 0 Å². The first-order chi connectivity index (χ1) is 10.2. The van der Waals surface area contributed by atoms with Crippen LogP contribution >= 0.6 is 15.9 Å². The Balaban J connectivity index is 1.57. The maximum atomic E-state index is 4.43. The normalized spacial score (nSPS) is 16.0. The van der Waals surface area contributed by atoms with Gasteiger partial charge in [0.15, 0.2) is 0 Å². The molecule has 110 valence electrons. The molecule has 1 saturated heterocycles. The van der Waals surface area contributed by atoms with Crippen LogP contribution in [0.2, 0.25) is 0 Å². The van der Waals surface area contributed by atoms with Gasteiger partial charge in [-0.2, -0.15) is 0 Å². The molecule has 0 aliphatic carbocycles. The second-order valence-electron chi connectivity index (χ2n) is 5.56. The van der Waals surface area contributed by atoms with E-state index in [1.54, 1.807) is 0 Å². The van der Waals surface area contributed by atoms with E-state index in [4.69, 9.17) is 0 Å². The predicted octanol–water partition coefficient (Wildman–Crippen LogP) is 4.23. The van der Waals surface area contributed by atoms with Gasteiger partial charge in [0.25, 0.3) is 0 Å². The minimum absolute atomic E-state index is 0.547. The first kappa shape index (κ1) is 14.4. The molecular formula is C17H20BrN3. The van der Waals surface area contributed by atoms with Crippen LogP contribution in [0.15, 0.2) is 47.1 Å². The number of anilines is 2. The van der Waals surface area contributed by atoms with Gasteiger partial charge >= 0.3 is 0 Å². The van der Waals surface area contributed by atoms with Crippen molar-refractivity contribution in [2.24, 2.45) is 0 Å². The SMILES string of the molecule is Cc1cc(NC2CCN(c3ccccn3)CC2)ccc1Br. The molecule has 1 aliphatic heterocycles. The summed E-state index contributed by atoms with van der Waals surface area (Å²) in [7, 11) is 0. The molecule has 1 N–H and O–H groups in total. The van der Waals surface area contributed by atoms with Gasteiger partial charge in [-0.15, -0.1) is 0 Å². The molecule has 0 amide bonds. The molecule has 2 aromatic rings. The van der Waals surface area contributed by atoms with Crippen LogP contribution in [0, 0.1) is 6.92 Å². The standard InChI is InChI=1S/C17H20BrN3/c1-13-12-15(5-6-16(13)18)20-14-7-10-21(11-8-14)17-4-2-3-9-19-17/h2-6,9,12,14,20H,7-8,10-11H2,1H3. The molecule has 0 spiro atoms. The van der Waals surface area contributed by atoms with Crippen LogP contribution in [0.4, 0.5) is 11.5 Å². The van der Waals surface area contributed by atoms with Crippen LogP contribution in [-0.2, 0) is 0 Å². The van der Waals surface area contributed by atoms with Crippen LogP contribution in [0.5, 0.6) is 0 Å². The van der Waals surface area contributed by atoms with Crippen molar-refractivity contribution in [3.63, 3.8) is 0 Å². The van der Waals surface area contributed by atoms with Crippen molar-refractivity contribution in [2.75, 3.05) is 23.3 Å². The monoisotopic (exact) mass is 345 g/mol. The van der Waals surface area contributed by atoms with Crippen LogP contribution in [0.3, 0.4) is 0 Å². The Hall–Kier alpha value is -1.55. The van der Waals surface area contributed by atoms with Crippen molar-refractivity contribution in [3.05, 3.63) is 52.6 Å². The number of aryl methyl sites for hydroxylation is 1. The van der Waals surface area contributed by atoms with Gasteiger partial charge in [-0.1, -0.05) is 22.0 Å². The zero-order chi connectivity index (χ0) is 14.7. The third-order valence-electron chi connectivity index (χ3n) is 4.00. The summed E-state index contributed by atoms with van der Waals surface area (Å²) in [5, 5.41) is 3.65. The first-order valence-electron chi connectivity index (χ1n) is 7.41. The van der Waals surface area contributed by atoms with Gasteiger partial charge in [0.05, 0.1) is 0 Å². The highest BCUT2D eigenvalue weighted by molar-refractivity contribution is 9.10. The molecule has 4 heteroatoms. The quantitative estimate of drug-likeness (QED) is 0.901. The number of benzene rings is 1. The molecular weight excluding hydrogens is 326 g/mol. The number of pyridine rings is 1. The average Bonchev–Trinajstić information content (AvgIpc) is 2.53. The lowest BCUT2D eigenvalue weighted by molar-refractivity contribution is 0.523. The number of nitrogens with zero attached hydrogens (tertiary/aromatic N) is 2. The predicted molar refractivity (Wildman–Crippen MR) is 92.0 cm³/mol. The summed E-state index contributed by atoms with van der Waals surface area (Å²) in [6.07, 6.45) is 4.15. The van der Waals surface area contributed by atoms with E-state index in [1.165, 1.54) is 11.3 Å². The number of hydrogen-bond donors (Lipinski definition) is 1. The number of rotatable bonds is 3. The maximum absolute atomic E-state index is 4.43. The fourth-order valence-corrected chi connectivity index (χ4v) is 3.01. The Morgan fingerprint density at radius 3 is 2.67 bits per heavy atom. The molecule has 1 aromatic carbocycles. The van der Waals surface area contributed by atoms with Crippen molar-refractivity contribution < 1.29 is 0 Å². The largest absolute Gasteiger partial charge is 0.382 e. The van der Waals surface area contributed by atoms with Crippen molar-refractivity contribution >= 4 is 27.4 Å². The number of hydrogen-bond acceptors (Lipinski definition) is 3. The number of aromatic nitrogens is 1. The summed E-state index contributed by atoms with van der Waals surface area (Å²) in [5.41, 5.74) is 2.48. The summed E-state index contributed by atoms with van der Waals surface area (Å²) in [6, 6.07) is 13.1. The molecule has 3 rings (SSSR count). The van der Waals surface area contributed by atoms with Crippen LogP contribution < -0.4 is 10.2 Å². The molecule has 1 aliphatic rings. The lowest BCUT2D eigenvalue weighted by atomic mass is 10.0. The smallest absolute Gasteiger partial charge is 0.128 e. The Morgan fingerprint density at radius 1 is 1.19 bits per heavy atom. The summed E-state index contributed by atoms with van der Waals surface area (Å²) < 4.78 is 1.16. The molecule has 0 radical (unpaired) electrons. The highest BCUT2D eigenvalue weighted by Crippen LogP contribution is 2.23. The van der Waals surface area contributed by atoms with Gasteiger partial charge < -0.3 is 10.2 Å². The summed E-state index contributed by atoms with van der Waals surface area (Å²) in [4.78, 5) is 6.80. The first-order valence-corrected chi connectivity index (χ1v) is 8.20. The number of piperidine rings is 1. The van der Waals surface area contributed by atoms with Crippen molar-refractivity contribution in [2.45, 2.75) is 25.8 Å². The Labute approximate surface area is 134 Å². The minimum Gasteiger partial charge on any atom is -0.382 e. The summed E-state index contributed by atoms with van der Waals surface area (Å²) in [5.74, 6) is 1.09. The molecule has 0 saturated carbocycles. The number of halogens is 1. The van der Waals surface area contributed by atoms with Crippen molar-refractivity contribution in [3.8, 4) is 0 Å². The van der Waals surface area contributed by atoms with E-state index >= 15 is 0 Å². The summed E-state index contributed by atoms with van der Waals surface area (Å²) in [6.45, 7) is 4.24. The molecule has 0 bridgehead atoms. The van der Waals surface area contributed by atoms with E-state index in [9.17, 15) is 0 Å². The topological polar surface area (TPSA) is 28.2 Å². The van der Waals surface area contributed by atoms with E-state index in [1.807, 2.05) is 12.3 Å². The van der Waals surface area contributed by atoms with E-state index < -0.39 is 0 Å². The lowest BCUT2D eigenvalue weighted by Crippen LogP contribution is -2.39. The van der Waals surface area contributed by atoms with E-state index in [2.05, 4.69) is 68.4 Å². The maximum Gasteiger partial charge on any atom is 0.128 e. The second kappa shape index (κ2) is 6.48. The molecule has 3 nitrogen and oxygen atoms in total. The minimum atomic E-state index is 0.547. The van der Waals surface area contributed by atoms with Crippen molar-refractivity contribution in [1.82, 2.24) is 4.98 Å². The molecule has 2 heterocycles. The van der Waals surface area contributed by atoms with Crippen molar-refractivity contribution in [1.29, 1.82) is 0 Å². The number of nitrogens with one attached hydrogen (secondary N) is 1. The zero-order valence-electron chi connectivity index (χ0n) is 12.2. The van der Waals surface area contributed by atoms with Gasteiger partial charge in [0.1, 0.15) is 5.82 Å². The molecule has 21 heavy (non-hydrogen) atoms. The molecule has 0 unspecified atom stereocenters. The van der Waals surface area contributed by atoms with Gasteiger partial charge in [-0.25, -0.2) is 4.98 Å². The average molecular weight is 346 g/mol. The van der Waals surface area contributed by atoms with Gasteiger partial charge in [-0.05, 0) is 55.7 Å². The fraction of sp³-hybridized carbons (Fsp3) is 0.353. The van der Waals surface area contributed by atoms with E-state index in [-0.39, 0.29) is 0 Å². The Kier molecular flexibility index (Phi) is 4.44. The lowest BCUT2D eigenvalue weighted by Gasteiger charge is -2.33. The van der Waals surface area contributed by atoms with Crippen LogP contribution in [-0.4, -0.2) is 24.1 Å². The fourth-order valence-electron chi connectivity index (χ4n) is 2.76. The highest BCUT2D eigenvalue weighted by Gasteiger charge is 2.19. The highest BCUT2D eigenvalue weighted by atomic mass is 79.9. The molecule has 0 atom stereocenters. The summed E-state index contributed by atoms with van der Waals surface area (Å²) >= 11 is 3.55. The van der Waals surface area contributed by atoms with E-state index in [0.29, 0.717) is 6.04 Å². The van der Waals surface area contributed by atoms with Gasteiger partial charge in [-0.3, -0.25) is 0 Å². The van der Waals surface area contributed by atoms with E-state index in [0.717, 1.165) is 36.2 Å². The second-order valence-corrected chi connectivity index (χ2v) is 6.41. The Morgan fingerprint density at radius 2 is 2.00 bits per heavy atom. The van der Waals surface area contributed by atoms with Crippen LogP contribution in [0.1, 0.15) is 18.4 Å². The Bertz CT molecular complexity index is 592. The third kappa shape index (κ3) is 3.56. The third-order valence-corrected chi connectivity index (χ3v) is 4.89.